The third-order valence-corrected chi connectivity index (χ3v) is 7.18. The molecule has 35 heavy (non-hydrogen) atoms. The Morgan fingerprint density at radius 1 is 0.457 bits per heavy atom. The third-order valence-electron chi connectivity index (χ3n) is 7.18. The van der Waals surface area contributed by atoms with Gasteiger partial charge in [0, 0.05) is 0 Å². The summed E-state index contributed by atoms with van der Waals surface area (Å²) in [5.41, 5.74) is 11.4. The van der Waals surface area contributed by atoms with Gasteiger partial charge in [0.15, 0.2) is 0 Å². The quantitative estimate of drug-likeness (QED) is 0.411. The van der Waals surface area contributed by atoms with Crippen LogP contribution in [0.5, 0.6) is 0 Å². The molecule has 0 aliphatic carbocycles. The van der Waals surface area contributed by atoms with Gasteiger partial charge in [0.2, 0.25) is 0 Å². The Hall–Kier alpha value is -1.56. The molecule has 2 aromatic rings. The highest BCUT2D eigenvalue weighted by Crippen LogP contribution is 2.42. The lowest BCUT2D eigenvalue weighted by atomic mass is 9.68. The first-order valence-electron chi connectivity index (χ1n) is 13.9. The molecule has 196 valence electrons. The number of rotatable bonds is 4. The average molecular weight is 477 g/mol. The van der Waals surface area contributed by atoms with Crippen molar-refractivity contribution in [2.75, 3.05) is 0 Å². The second-order valence-corrected chi connectivity index (χ2v) is 16.0. The summed E-state index contributed by atoms with van der Waals surface area (Å²) in [5, 5.41) is 0. The molecule has 2 aromatic carbocycles. The fourth-order valence-electron chi connectivity index (χ4n) is 5.64. The van der Waals surface area contributed by atoms with Crippen LogP contribution in [0.3, 0.4) is 0 Å². The molecule has 0 amide bonds. The number of aryl methyl sites for hydroxylation is 2. The highest BCUT2D eigenvalue weighted by Gasteiger charge is 2.32. The van der Waals surface area contributed by atoms with E-state index >= 15 is 0 Å². The van der Waals surface area contributed by atoms with Gasteiger partial charge in [0.25, 0.3) is 0 Å². The molecule has 0 saturated carbocycles. The molecule has 0 atom stereocenters. The van der Waals surface area contributed by atoms with Gasteiger partial charge in [-0.2, -0.15) is 0 Å². The maximum absolute atomic E-state index is 2.53. The largest absolute Gasteiger partial charge is 0.0617 e. The molecule has 0 nitrogen and oxygen atoms in total. The summed E-state index contributed by atoms with van der Waals surface area (Å²) in [5.74, 6) is 0. The van der Waals surface area contributed by atoms with Crippen molar-refractivity contribution < 1.29 is 0 Å². The van der Waals surface area contributed by atoms with E-state index in [1.165, 1.54) is 34.2 Å². The Balaban J connectivity index is 2.51. The number of hydrogen-bond acceptors (Lipinski definition) is 0. The highest BCUT2D eigenvalue weighted by atomic mass is 14.4. The fourth-order valence-corrected chi connectivity index (χ4v) is 5.64. The van der Waals surface area contributed by atoms with E-state index in [4.69, 9.17) is 0 Å². The van der Waals surface area contributed by atoms with Crippen molar-refractivity contribution in [3.8, 4) is 0 Å². The molecule has 0 saturated heterocycles. The van der Waals surface area contributed by atoms with E-state index < -0.39 is 0 Å². The fraction of sp³-hybridized carbons (Fsp3) is 0.657. The lowest BCUT2D eigenvalue weighted by molar-refractivity contribution is 0.496. The van der Waals surface area contributed by atoms with Gasteiger partial charge in [-0.3, -0.25) is 0 Å². The summed E-state index contributed by atoms with van der Waals surface area (Å²) >= 11 is 0. The molecule has 0 bridgehead atoms. The smallest absolute Gasteiger partial charge is 0.0126 e. The minimum Gasteiger partial charge on any atom is -0.0617 e. The first-order chi connectivity index (χ1) is 15.5. The zero-order valence-corrected chi connectivity index (χ0v) is 26.0. The van der Waals surface area contributed by atoms with Crippen LogP contribution in [0.1, 0.15) is 149 Å². The minimum absolute atomic E-state index is 0.124. The predicted molar refractivity (Wildman–Crippen MR) is 158 cm³/mol. The maximum Gasteiger partial charge on any atom is -0.0126 e. The Morgan fingerprint density at radius 2 is 0.886 bits per heavy atom. The van der Waals surface area contributed by atoms with Crippen LogP contribution in [0.2, 0.25) is 0 Å². The monoisotopic (exact) mass is 476 g/mol. The van der Waals surface area contributed by atoms with Crippen LogP contribution < -0.4 is 0 Å². The Bertz CT molecular complexity index is 977. The minimum atomic E-state index is 0.124. The molecule has 2 rings (SSSR count). The average Bonchev–Trinajstić information content (AvgIpc) is 2.63. The molecule has 0 radical (unpaired) electrons. The molecule has 0 aliphatic rings. The van der Waals surface area contributed by atoms with Gasteiger partial charge in [-0.15, -0.1) is 0 Å². The van der Waals surface area contributed by atoms with Crippen LogP contribution in [0, 0.1) is 0 Å². The SMILES string of the molecule is CC(C)(C)c1cccc(CCCc2cc(C(C)(C)C)c(C(C)(C)C)c(C(C)(C)C)c2)c1C(C)(C)C. The topological polar surface area (TPSA) is 0 Å². The summed E-state index contributed by atoms with van der Waals surface area (Å²) in [6, 6.07) is 12.1. The summed E-state index contributed by atoms with van der Waals surface area (Å²) in [4.78, 5) is 0. The van der Waals surface area contributed by atoms with E-state index in [9.17, 15) is 0 Å². The van der Waals surface area contributed by atoms with Crippen molar-refractivity contribution in [2.24, 2.45) is 0 Å². The molecule has 0 heterocycles. The van der Waals surface area contributed by atoms with Crippen LogP contribution in [-0.4, -0.2) is 0 Å². The van der Waals surface area contributed by atoms with Crippen molar-refractivity contribution in [1.82, 2.24) is 0 Å². The van der Waals surface area contributed by atoms with Crippen LogP contribution in [-0.2, 0) is 39.9 Å². The Labute approximate surface area is 219 Å². The summed E-state index contributed by atoms with van der Waals surface area (Å²) in [6.45, 7) is 35.6. The van der Waals surface area contributed by atoms with E-state index in [0.29, 0.717) is 0 Å². The van der Waals surface area contributed by atoms with E-state index in [1.807, 2.05) is 0 Å². The first kappa shape index (κ1) is 29.7. The summed E-state index contributed by atoms with van der Waals surface area (Å²) in [6.07, 6.45) is 3.44. The van der Waals surface area contributed by atoms with Gasteiger partial charge >= 0.3 is 0 Å². The van der Waals surface area contributed by atoms with Gasteiger partial charge in [-0.05, 0) is 85.3 Å². The van der Waals surface area contributed by atoms with E-state index in [1.54, 1.807) is 11.1 Å². The van der Waals surface area contributed by atoms with Gasteiger partial charge in [0.1, 0.15) is 0 Å². The van der Waals surface area contributed by atoms with Crippen LogP contribution in [0.4, 0.5) is 0 Å². The van der Waals surface area contributed by atoms with Crippen molar-refractivity contribution in [3.63, 3.8) is 0 Å². The second-order valence-electron chi connectivity index (χ2n) is 16.0. The first-order valence-corrected chi connectivity index (χ1v) is 13.9. The molecule has 0 fully saturated rings. The Kier molecular flexibility index (Phi) is 8.24. The van der Waals surface area contributed by atoms with Crippen LogP contribution >= 0.6 is 0 Å². The molecule has 0 aliphatic heterocycles. The van der Waals surface area contributed by atoms with Crippen molar-refractivity contribution in [2.45, 2.75) is 150 Å². The standard InChI is InChI=1S/C35H56/c1-31(2,3)26-21-17-20-25(29(26)34(10,11)12)19-16-18-24-22-27(32(4,5)6)30(35(13,14)15)28(23-24)33(7,8)9/h17,20-23H,16,18-19H2,1-15H3. The maximum atomic E-state index is 2.53. The molecular weight excluding hydrogens is 420 g/mol. The van der Waals surface area contributed by atoms with Gasteiger partial charge in [-0.1, -0.05) is 134 Å². The summed E-state index contributed by atoms with van der Waals surface area (Å²) < 4.78 is 0. The van der Waals surface area contributed by atoms with Gasteiger partial charge in [-0.25, -0.2) is 0 Å². The molecule has 0 spiro atoms. The zero-order valence-electron chi connectivity index (χ0n) is 26.0. The Morgan fingerprint density at radius 3 is 1.26 bits per heavy atom. The lowest BCUT2D eigenvalue weighted by Crippen LogP contribution is -2.28. The lowest BCUT2D eigenvalue weighted by Gasteiger charge is -2.37. The van der Waals surface area contributed by atoms with Crippen molar-refractivity contribution in [1.29, 1.82) is 0 Å². The van der Waals surface area contributed by atoms with Crippen molar-refractivity contribution >= 4 is 0 Å². The third kappa shape index (κ3) is 7.24. The molecular formula is C35H56. The summed E-state index contributed by atoms with van der Waals surface area (Å²) in [7, 11) is 0. The molecule has 0 N–H and O–H groups in total. The van der Waals surface area contributed by atoms with Crippen LogP contribution in [0.15, 0.2) is 30.3 Å². The van der Waals surface area contributed by atoms with Crippen molar-refractivity contribution in [3.05, 3.63) is 69.3 Å². The molecule has 0 unspecified atom stereocenters. The molecule has 0 aromatic heterocycles. The van der Waals surface area contributed by atoms with Crippen LogP contribution in [0.25, 0.3) is 0 Å². The van der Waals surface area contributed by atoms with E-state index in [-0.39, 0.29) is 27.1 Å². The zero-order chi connectivity index (χ0) is 27.2. The normalized spacial score (nSPS) is 13.9. The second kappa shape index (κ2) is 9.72. The number of hydrogen-bond donors (Lipinski definition) is 0. The van der Waals surface area contributed by atoms with Gasteiger partial charge < -0.3 is 0 Å². The van der Waals surface area contributed by atoms with E-state index in [0.717, 1.165) is 12.8 Å². The highest BCUT2D eigenvalue weighted by molar-refractivity contribution is 5.49. The molecule has 0 heteroatoms. The predicted octanol–water partition coefficient (Wildman–Crippen LogP) is 10.3. The number of benzene rings is 2. The van der Waals surface area contributed by atoms with Gasteiger partial charge in [0.05, 0.1) is 0 Å². The van der Waals surface area contributed by atoms with E-state index in [2.05, 4.69) is 134 Å².